The van der Waals surface area contributed by atoms with Gasteiger partial charge in [-0.2, -0.15) is 23.5 Å². The molecule has 4 heteroatoms. The molecule has 4 rings (SSSR count). The molecule has 1 N–H and O–H groups in total. The van der Waals surface area contributed by atoms with E-state index >= 15 is 0 Å². The zero-order valence-electron chi connectivity index (χ0n) is 10.3. The molecule has 4 saturated heterocycles. The van der Waals surface area contributed by atoms with E-state index in [0.29, 0.717) is 0 Å². The minimum absolute atomic E-state index is 0.885. The average molecular weight is 270 g/mol. The zero-order chi connectivity index (χ0) is 11.2. The number of thioether (sulfide) groups is 2. The molecule has 2 nitrogen and oxygen atoms in total. The lowest BCUT2D eigenvalue weighted by molar-refractivity contribution is 0.186. The van der Waals surface area contributed by atoms with Crippen molar-refractivity contribution in [3.63, 3.8) is 0 Å². The Kier molecular flexibility index (Phi) is 3.11. The smallest absolute Gasteiger partial charge is 0.0283 e. The summed E-state index contributed by atoms with van der Waals surface area (Å²) in [5, 5.41) is 3.62. The number of hydrogen-bond donors (Lipinski definition) is 1. The molecule has 0 amide bonds. The maximum atomic E-state index is 3.62. The Bertz CT molecular complexity index is 273. The normalized spacial score (nSPS) is 47.3. The standard InChI is InChI=1S/C13H22N2S2/c1-2-13-11-6-14-5-10(11)12(1)15(13)9-7-16-3-4-17-8-9/h9-14H,1-8H2/t10-,11+,12-,13+. The number of rotatable bonds is 1. The van der Waals surface area contributed by atoms with Crippen molar-refractivity contribution in [1.29, 1.82) is 0 Å². The van der Waals surface area contributed by atoms with Gasteiger partial charge in [-0.15, -0.1) is 0 Å². The first-order chi connectivity index (χ1) is 8.45. The Hall–Kier alpha value is 0.620. The number of fused-ring (bicyclic) bond motifs is 5. The lowest BCUT2D eigenvalue weighted by Crippen LogP contribution is -2.44. The second-order valence-corrected chi connectivity index (χ2v) is 8.25. The average Bonchev–Trinajstić information content (AvgIpc) is 2.97. The van der Waals surface area contributed by atoms with Crippen molar-refractivity contribution < 1.29 is 0 Å². The van der Waals surface area contributed by atoms with Crippen LogP contribution in [0, 0.1) is 11.8 Å². The van der Waals surface area contributed by atoms with Crippen molar-refractivity contribution in [1.82, 2.24) is 10.2 Å². The Morgan fingerprint density at radius 1 is 0.882 bits per heavy atom. The van der Waals surface area contributed by atoms with E-state index in [1.54, 1.807) is 0 Å². The Labute approximate surface area is 113 Å². The molecule has 4 aliphatic heterocycles. The lowest BCUT2D eigenvalue weighted by atomic mass is 9.82. The summed E-state index contributed by atoms with van der Waals surface area (Å²) in [5.41, 5.74) is 0. The van der Waals surface area contributed by atoms with Crippen LogP contribution in [-0.4, -0.2) is 59.1 Å². The molecule has 0 aliphatic carbocycles. The molecule has 0 radical (unpaired) electrons. The molecule has 4 heterocycles. The molecule has 4 fully saturated rings. The Balaban J connectivity index is 1.54. The SMILES string of the molecule is C1CSCC(N2[C@@H]3CC[C@H]2[C@H]2CNC[C@H]23)CS1. The fourth-order valence-electron chi connectivity index (χ4n) is 4.64. The zero-order valence-corrected chi connectivity index (χ0v) is 11.9. The van der Waals surface area contributed by atoms with Crippen molar-refractivity contribution in [2.45, 2.75) is 31.0 Å². The van der Waals surface area contributed by atoms with Crippen LogP contribution in [0.25, 0.3) is 0 Å². The molecule has 4 aliphatic rings. The second-order valence-electron chi connectivity index (χ2n) is 5.95. The molecule has 0 unspecified atom stereocenters. The van der Waals surface area contributed by atoms with Crippen molar-refractivity contribution in [3.05, 3.63) is 0 Å². The molecular weight excluding hydrogens is 248 g/mol. The van der Waals surface area contributed by atoms with Gasteiger partial charge in [-0.05, 0) is 37.8 Å². The highest BCUT2D eigenvalue weighted by Crippen LogP contribution is 2.49. The first-order valence-corrected chi connectivity index (χ1v) is 9.40. The summed E-state index contributed by atoms with van der Waals surface area (Å²) in [4.78, 5) is 2.97. The number of hydrogen-bond acceptors (Lipinski definition) is 4. The maximum Gasteiger partial charge on any atom is 0.0283 e. The highest BCUT2D eigenvalue weighted by atomic mass is 32.2. The molecule has 0 spiro atoms. The van der Waals surface area contributed by atoms with Gasteiger partial charge in [0.05, 0.1) is 0 Å². The van der Waals surface area contributed by atoms with Crippen molar-refractivity contribution in [2.75, 3.05) is 36.1 Å². The van der Waals surface area contributed by atoms with Gasteiger partial charge < -0.3 is 5.32 Å². The van der Waals surface area contributed by atoms with Gasteiger partial charge in [0.25, 0.3) is 0 Å². The second kappa shape index (κ2) is 4.62. The van der Waals surface area contributed by atoms with E-state index in [4.69, 9.17) is 0 Å². The monoisotopic (exact) mass is 270 g/mol. The molecule has 0 aromatic carbocycles. The maximum absolute atomic E-state index is 3.62. The molecule has 2 bridgehead atoms. The van der Waals surface area contributed by atoms with Gasteiger partial charge in [0.2, 0.25) is 0 Å². The van der Waals surface area contributed by atoms with Crippen LogP contribution in [0.5, 0.6) is 0 Å². The van der Waals surface area contributed by atoms with Crippen LogP contribution in [0.1, 0.15) is 12.8 Å². The van der Waals surface area contributed by atoms with E-state index in [9.17, 15) is 0 Å². The molecule has 0 aromatic heterocycles. The Morgan fingerprint density at radius 2 is 1.47 bits per heavy atom. The molecule has 17 heavy (non-hydrogen) atoms. The third kappa shape index (κ3) is 1.78. The van der Waals surface area contributed by atoms with Gasteiger partial charge in [-0.25, -0.2) is 0 Å². The highest BCUT2D eigenvalue weighted by Gasteiger charge is 2.56. The first-order valence-electron chi connectivity index (χ1n) is 7.09. The van der Waals surface area contributed by atoms with E-state index in [0.717, 1.165) is 30.0 Å². The summed E-state index contributed by atoms with van der Waals surface area (Å²) in [6, 6.07) is 2.75. The largest absolute Gasteiger partial charge is 0.316 e. The highest BCUT2D eigenvalue weighted by molar-refractivity contribution is 8.03. The van der Waals surface area contributed by atoms with E-state index in [1.807, 2.05) is 0 Å². The number of nitrogens with one attached hydrogen (secondary N) is 1. The summed E-state index contributed by atoms with van der Waals surface area (Å²) in [7, 11) is 0. The van der Waals surface area contributed by atoms with Gasteiger partial charge in [-0.1, -0.05) is 0 Å². The molecule has 4 atom stereocenters. The van der Waals surface area contributed by atoms with Crippen LogP contribution < -0.4 is 5.32 Å². The van der Waals surface area contributed by atoms with Crippen LogP contribution in [0.15, 0.2) is 0 Å². The van der Waals surface area contributed by atoms with E-state index in [-0.39, 0.29) is 0 Å². The van der Waals surface area contributed by atoms with Gasteiger partial charge in [0, 0.05) is 41.1 Å². The molecule has 0 aromatic rings. The van der Waals surface area contributed by atoms with Crippen LogP contribution in [0.3, 0.4) is 0 Å². The molecule has 0 saturated carbocycles. The summed E-state index contributed by atoms with van der Waals surface area (Å²) >= 11 is 4.38. The van der Waals surface area contributed by atoms with Crippen molar-refractivity contribution >= 4 is 23.5 Å². The fraction of sp³-hybridized carbons (Fsp3) is 1.00. The topological polar surface area (TPSA) is 15.3 Å². The van der Waals surface area contributed by atoms with Crippen LogP contribution >= 0.6 is 23.5 Å². The van der Waals surface area contributed by atoms with Gasteiger partial charge >= 0.3 is 0 Å². The van der Waals surface area contributed by atoms with Crippen LogP contribution in [0.2, 0.25) is 0 Å². The quantitative estimate of drug-likeness (QED) is 0.777. The summed E-state index contributed by atoms with van der Waals surface area (Å²) < 4.78 is 0. The Morgan fingerprint density at radius 3 is 2.06 bits per heavy atom. The predicted molar refractivity (Wildman–Crippen MR) is 76.9 cm³/mol. The number of nitrogens with zero attached hydrogens (tertiary/aromatic N) is 1. The van der Waals surface area contributed by atoms with Gasteiger partial charge in [0.15, 0.2) is 0 Å². The van der Waals surface area contributed by atoms with Crippen LogP contribution in [0.4, 0.5) is 0 Å². The summed E-state index contributed by atoms with van der Waals surface area (Å²) in [6.07, 6.45) is 2.97. The van der Waals surface area contributed by atoms with Gasteiger partial charge in [-0.3, -0.25) is 4.90 Å². The molecular formula is C13H22N2S2. The fourth-order valence-corrected chi connectivity index (χ4v) is 7.19. The molecule has 96 valence electrons. The third-order valence-electron chi connectivity index (χ3n) is 5.24. The van der Waals surface area contributed by atoms with Crippen molar-refractivity contribution in [2.24, 2.45) is 11.8 Å². The summed E-state index contributed by atoms with van der Waals surface area (Å²) in [6.45, 7) is 2.60. The van der Waals surface area contributed by atoms with E-state index in [2.05, 4.69) is 33.7 Å². The minimum atomic E-state index is 0.885. The summed E-state index contributed by atoms with van der Waals surface area (Å²) in [5.74, 6) is 7.52. The first kappa shape index (κ1) is 11.4. The third-order valence-corrected chi connectivity index (χ3v) is 7.72. The predicted octanol–water partition coefficient (Wildman–Crippen LogP) is 1.52. The van der Waals surface area contributed by atoms with E-state index in [1.165, 1.54) is 48.9 Å². The van der Waals surface area contributed by atoms with E-state index < -0.39 is 0 Å². The van der Waals surface area contributed by atoms with Crippen molar-refractivity contribution in [3.8, 4) is 0 Å². The lowest BCUT2D eigenvalue weighted by Gasteiger charge is -2.32. The van der Waals surface area contributed by atoms with Crippen LogP contribution in [-0.2, 0) is 0 Å². The van der Waals surface area contributed by atoms with Gasteiger partial charge in [0.1, 0.15) is 0 Å². The minimum Gasteiger partial charge on any atom is -0.316 e.